The zero-order valence-electron chi connectivity index (χ0n) is 15.3. The molecule has 2 atom stereocenters. The van der Waals surface area contributed by atoms with Gasteiger partial charge in [0.05, 0.1) is 0 Å². The number of carbonyl (C=O) groups is 2. The van der Waals surface area contributed by atoms with E-state index in [9.17, 15) is 9.59 Å². The van der Waals surface area contributed by atoms with Crippen molar-refractivity contribution in [2.24, 2.45) is 4.99 Å². The highest BCUT2D eigenvalue weighted by Gasteiger charge is 2.49. The molecule has 7 heteroatoms. The van der Waals surface area contributed by atoms with Crippen LogP contribution in [0.1, 0.15) is 30.4 Å². The summed E-state index contributed by atoms with van der Waals surface area (Å²) in [5, 5.41) is 2.47. The molecule has 1 aromatic carbocycles. The van der Waals surface area contributed by atoms with Gasteiger partial charge in [0.15, 0.2) is 18.2 Å². The lowest BCUT2D eigenvalue weighted by Gasteiger charge is -2.38. The molecule has 3 aliphatic heterocycles. The van der Waals surface area contributed by atoms with E-state index in [-0.39, 0.29) is 11.9 Å². The Kier molecular flexibility index (Phi) is 4.30. The number of nitrogens with zero attached hydrogens (tertiary/aromatic N) is 4. The number of aliphatic imine (C=N–C) groups is 1. The summed E-state index contributed by atoms with van der Waals surface area (Å²) in [6.07, 6.45) is 3.03. The minimum atomic E-state index is -0.477. The molecule has 0 aliphatic carbocycles. The second-order valence-corrected chi connectivity index (χ2v) is 7.36. The summed E-state index contributed by atoms with van der Waals surface area (Å²) in [7, 11) is 1.70. The van der Waals surface area contributed by atoms with E-state index < -0.39 is 12.2 Å². The van der Waals surface area contributed by atoms with E-state index >= 15 is 0 Å². The predicted molar refractivity (Wildman–Crippen MR) is 98.5 cm³/mol. The molecule has 0 aromatic heterocycles. The van der Waals surface area contributed by atoms with Gasteiger partial charge in [0, 0.05) is 26.7 Å². The number of benzene rings is 1. The standard InChI is InChI=1S/C19H25N5O2/c1-13-7-6-8-14(11-13)12-24-15-16(22(2)19(26)21-17(15)25)20-18(24)23-9-4-3-5-10-23/h6-8,11,15-16H,3-5,9-10,12H2,1-2H3,(H,21,25,26). The van der Waals surface area contributed by atoms with Crippen LogP contribution in [0.15, 0.2) is 29.3 Å². The van der Waals surface area contributed by atoms with Gasteiger partial charge >= 0.3 is 6.03 Å². The summed E-state index contributed by atoms with van der Waals surface area (Å²) in [6.45, 7) is 4.56. The van der Waals surface area contributed by atoms with E-state index in [2.05, 4.69) is 40.2 Å². The van der Waals surface area contributed by atoms with Crippen molar-refractivity contribution in [3.8, 4) is 0 Å². The first-order valence-electron chi connectivity index (χ1n) is 9.27. The lowest BCUT2D eigenvalue weighted by Crippen LogP contribution is -2.64. The Labute approximate surface area is 153 Å². The number of carbonyl (C=O) groups excluding carboxylic acids is 2. The highest BCUT2D eigenvalue weighted by molar-refractivity contribution is 6.03. The third-order valence-electron chi connectivity index (χ3n) is 5.41. The normalized spacial score (nSPS) is 25.9. The summed E-state index contributed by atoms with van der Waals surface area (Å²) in [5.74, 6) is 0.583. The fourth-order valence-electron chi connectivity index (χ4n) is 4.04. The van der Waals surface area contributed by atoms with Crippen LogP contribution in [0, 0.1) is 6.92 Å². The Balaban J connectivity index is 1.68. The minimum absolute atomic E-state index is 0.262. The van der Waals surface area contributed by atoms with Crippen LogP contribution in [0.3, 0.4) is 0 Å². The quantitative estimate of drug-likeness (QED) is 0.874. The molecule has 0 saturated carbocycles. The van der Waals surface area contributed by atoms with E-state index in [1.165, 1.54) is 16.9 Å². The molecule has 0 bridgehead atoms. The van der Waals surface area contributed by atoms with Crippen molar-refractivity contribution < 1.29 is 9.59 Å². The zero-order chi connectivity index (χ0) is 18.3. The second-order valence-electron chi connectivity index (χ2n) is 7.36. The summed E-state index contributed by atoms with van der Waals surface area (Å²) in [6, 6.07) is 7.45. The number of nitrogens with one attached hydrogen (secondary N) is 1. The topological polar surface area (TPSA) is 68.2 Å². The summed E-state index contributed by atoms with van der Waals surface area (Å²) < 4.78 is 0. The molecule has 7 nitrogen and oxygen atoms in total. The van der Waals surface area contributed by atoms with Crippen LogP contribution in [-0.2, 0) is 11.3 Å². The molecule has 1 N–H and O–H groups in total. The first-order valence-corrected chi connectivity index (χ1v) is 9.27. The van der Waals surface area contributed by atoms with Crippen LogP contribution in [-0.4, -0.2) is 64.9 Å². The van der Waals surface area contributed by atoms with Gasteiger partial charge in [-0.15, -0.1) is 0 Å². The van der Waals surface area contributed by atoms with Gasteiger partial charge in [0.1, 0.15) is 0 Å². The van der Waals surface area contributed by atoms with E-state index in [4.69, 9.17) is 4.99 Å². The number of guanidine groups is 1. The number of urea groups is 1. The Bertz CT molecular complexity index is 756. The molecule has 2 unspecified atom stereocenters. The molecule has 0 spiro atoms. The van der Waals surface area contributed by atoms with Crippen LogP contribution in [0.2, 0.25) is 0 Å². The Morgan fingerprint density at radius 2 is 1.96 bits per heavy atom. The predicted octanol–water partition coefficient (Wildman–Crippen LogP) is 1.53. The highest BCUT2D eigenvalue weighted by Crippen LogP contribution is 2.28. The monoisotopic (exact) mass is 355 g/mol. The third kappa shape index (κ3) is 2.91. The maximum Gasteiger partial charge on any atom is 0.325 e. The number of hydrogen-bond donors (Lipinski definition) is 1. The Morgan fingerprint density at radius 3 is 2.69 bits per heavy atom. The molecular weight excluding hydrogens is 330 g/mol. The highest BCUT2D eigenvalue weighted by atomic mass is 16.2. The molecule has 26 heavy (non-hydrogen) atoms. The number of amides is 3. The fourth-order valence-corrected chi connectivity index (χ4v) is 4.04. The van der Waals surface area contributed by atoms with Gasteiger partial charge < -0.3 is 14.7 Å². The zero-order valence-corrected chi connectivity index (χ0v) is 15.3. The second kappa shape index (κ2) is 6.63. The number of fused-ring (bicyclic) bond motifs is 1. The molecule has 138 valence electrons. The number of piperidine rings is 1. The number of rotatable bonds is 2. The van der Waals surface area contributed by atoms with E-state index in [1.54, 1.807) is 7.05 Å². The molecule has 3 aliphatic rings. The third-order valence-corrected chi connectivity index (χ3v) is 5.41. The van der Waals surface area contributed by atoms with Crippen molar-refractivity contribution in [3.63, 3.8) is 0 Å². The lowest BCUT2D eigenvalue weighted by atomic mass is 10.1. The van der Waals surface area contributed by atoms with Crippen LogP contribution in [0.5, 0.6) is 0 Å². The maximum absolute atomic E-state index is 12.6. The van der Waals surface area contributed by atoms with E-state index in [0.29, 0.717) is 6.54 Å². The smallest absolute Gasteiger partial charge is 0.325 e. The average molecular weight is 355 g/mol. The number of likely N-dealkylation sites (tertiary alicyclic amines) is 1. The Hall–Kier alpha value is -2.57. The van der Waals surface area contributed by atoms with Gasteiger partial charge in [0.25, 0.3) is 5.91 Å². The van der Waals surface area contributed by atoms with Crippen molar-refractivity contribution in [2.45, 2.75) is 44.9 Å². The van der Waals surface area contributed by atoms with Crippen LogP contribution < -0.4 is 5.32 Å². The molecule has 2 fully saturated rings. The Morgan fingerprint density at radius 1 is 1.19 bits per heavy atom. The molecule has 3 amide bonds. The molecular formula is C19H25N5O2. The molecule has 2 saturated heterocycles. The van der Waals surface area contributed by atoms with Gasteiger partial charge in [0.2, 0.25) is 0 Å². The largest absolute Gasteiger partial charge is 0.343 e. The van der Waals surface area contributed by atoms with Crippen molar-refractivity contribution in [1.82, 2.24) is 20.0 Å². The van der Waals surface area contributed by atoms with Gasteiger partial charge in [-0.2, -0.15) is 0 Å². The number of hydrogen-bond acceptors (Lipinski definition) is 5. The first-order chi connectivity index (χ1) is 12.5. The van der Waals surface area contributed by atoms with Crippen LogP contribution >= 0.6 is 0 Å². The maximum atomic E-state index is 12.6. The number of aryl methyl sites for hydroxylation is 1. The molecule has 3 heterocycles. The van der Waals surface area contributed by atoms with E-state index in [0.717, 1.165) is 37.5 Å². The lowest BCUT2D eigenvalue weighted by molar-refractivity contribution is -0.127. The molecule has 1 aromatic rings. The van der Waals surface area contributed by atoms with E-state index in [1.807, 2.05) is 6.07 Å². The number of imide groups is 1. The van der Waals surface area contributed by atoms with Crippen molar-refractivity contribution in [3.05, 3.63) is 35.4 Å². The van der Waals surface area contributed by atoms with Crippen molar-refractivity contribution >= 4 is 17.9 Å². The van der Waals surface area contributed by atoms with Gasteiger partial charge in [-0.1, -0.05) is 29.8 Å². The summed E-state index contributed by atoms with van der Waals surface area (Å²) in [5.41, 5.74) is 2.33. The van der Waals surface area contributed by atoms with Crippen molar-refractivity contribution in [1.29, 1.82) is 0 Å². The van der Waals surface area contributed by atoms with Gasteiger partial charge in [-0.25, -0.2) is 9.79 Å². The minimum Gasteiger partial charge on any atom is -0.343 e. The SMILES string of the molecule is Cc1cccc(CN2C(N3CCCCC3)=NC3C2C(=O)NC(=O)N3C)c1. The van der Waals surface area contributed by atoms with Gasteiger partial charge in [-0.05, 0) is 31.7 Å². The number of likely N-dealkylation sites (N-methyl/N-ethyl adjacent to an activating group) is 1. The fraction of sp³-hybridized carbons (Fsp3) is 0.526. The summed E-state index contributed by atoms with van der Waals surface area (Å²) >= 11 is 0. The van der Waals surface area contributed by atoms with Crippen LogP contribution in [0.4, 0.5) is 4.79 Å². The van der Waals surface area contributed by atoms with Crippen molar-refractivity contribution in [2.75, 3.05) is 20.1 Å². The molecule has 4 rings (SSSR count). The van der Waals surface area contributed by atoms with Gasteiger partial charge in [-0.3, -0.25) is 10.1 Å². The summed E-state index contributed by atoms with van der Waals surface area (Å²) in [4.78, 5) is 35.4. The van der Waals surface area contributed by atoms with Crippen LogP contribution in [0.25, 0.3) is 0 Å². The molecule has 0 radical (unpaired) electrons. The first kappa shape index (κ1) is 16.9. The average Bonchev–Trinajstić information content (AvgIpc) is 3.00.